The Morgan fingerprint density at radius 2 is 1.72 bits per heavy atom. The summed E-state index contributed by atoms with van der Waals surface area (Å²) >= 11 is 0. The Labute approximate surface area is 187 Å². The van der Waals surface area contributed by atoms with Gasteiger partial charge < -0.3 is 15.2 Å². The van der Waals surface area contributed by atoms with E-state index in [1.165, 1.54) is 0 Å². The predicted octanol–water partition coefficient (Wildman–Crippen LogP) is 3.98. The van der Waals surface area contributed by atoms with Crippen molar-refractivity contribution in [2.24, 2.45) is 0 Å². The van der Waals surface area contributed by atoms with E-state index in [9.17, 15) is 9.59 Å². The van der Waals surface area contributed by atoms with E-state index in [2.05, 4.69) is 22.4 Å². The first-order valence-corrected chi connectivity index (χ1v) is 11.1. The molecule has 0 spiro atoms. The summed E-state index contributed by atoms with van der Waals surface area (Å²) < 4.78 is 0. The first-order valence-electron chi connectivity index (χ1n) is 11.1. The number of Topliss-reactive ketones (excluding diaryl/α,β-unsaturated/α-hetero) is 1. The number of rotatable bonds is 7. The summed E-state index contributed by atoms with van der Waals surface area (Å²) in [6.07, 6.45) is 3.37. The summed E-state index contributed by atoms with van der Waals surface area (Å²) in [6, 6.07) is 25.6. The number of aromatic amines is 1. The van der Waals surface area contributed by atoms with Crippen molar-refractivity contribution in [3.8, 4) is 0 Å². The summed E-state index contributed by atoms with van der Waals surface area (Å²) in [7, 11) is 0. The van der Waals surface area contributed by atoms with Gasteiger partial charge in [0.25, 0.3) is 0 Å². The van der Waals surface area contributed by atoms with Crippen LogP contribution in [0.25, 0.3) is 10.9 Å². The second-order valence-corrected chi connectivity index (χ2v) is 8.26. The van der Waals surface area contributed by atoms with Crippen LogP contribution in [0.1, 0.15) is 40.4 Å². The second-order valence-electron chi connectivity index (χ2n) is 8.26. The molecule has 4 aromatic rings. The van der Waals surface area contributed by atoms with Crippen LogP contribution in [0.2, 0.25) is 0 Å². The molecular weight excluding hydrogens is 398 g/mol. The third-order valence-electron chi connectivity index (χ3n) is 6.21. The molecule has 0 aliphatic carbocycles. The minimum absolute atomic E-state index is 0.0907. The van der Waals surface area contributed by atoms with E-state index in [1.54, 1.807) is 0 Å². The fraction of sp³-hybridized carbons (Fsp3) is 0.185. The topological polar surface area (TPSA) is 69.8 Å². The fourth-order valence-electron chi connectivity index (χ4n) is 4.48. The van der Waals surface area contributed by atoms with Crippen molar-refractivity contribution in [1.82, 2.24) is 4.98 Å². The Kier molecular flexibility index (Phi) is 5.57. The number of carbonyl (C=O) groups excluding carboxylic acids is 2. The first kappa shape index (κ1) is 20.2. The van der Waals surface area contributed by atoms with E-state index >= 15 is 0 Å². The Balaban J connectivity index is 1.37. The third kappa shape index (κ3) is 3.95. The molecular formula is C27H26N3O2+. The number of benzene rings is 3. The maximum Gasteiger partial charge on any atom is 0.227 e. The van der Waals surface area contributed by atoms with Crippen molar-refractivity contribution >= 4 is 28.3 Å². The molecule has 0 bridgehead atoms. The Hall–Kier alpha value is -3.70. The van der Waals surface area contributed by atoms with Crippen LogP contribution >= 0.6 is 0 Å². The largest absolute Gasteiger partial charge is 0.360 e. The molecule has 5 nitrogen and oxygen atoms in total. The SMILES string of the molecule is O=C(c1c[nH]c2ccccc12)[C@@H]([NH2+]Cc1ccc(N2CCCC2=O)cc1)c1ccccc1. The number of anilines is 1. The Morgan fingerprint density at radius 3 is 2.47 bits per heavy atom. The third-order valence-corrected chi connectivity index (χ3v) is 6.21. The normalized spacial score (nSPS) is 14.8. The molecule has 0 unspecified atom stereocenters. The number of hydrogen-bond acceptors (Lipinski definition) is 2. The van der Waals surface area contributed by atoms with Gasteiger partial charge in [-0.3, -0.25) is 9.59 Å². The van der Waals surface area contributed by atoms with Gasteiger partial charge >= 0.3 is 0 Å². The predicted molar refractivity (Wildman–Crippen MR) is 125 cm³/mol. The number of nitrogens with two attached hydrogens (primary N) is 1. The molecule has 160 valence electrons. The molecule has 1 saturated heterocycles. The van der Waals surface area contributed by atoms with Gasteiger partial charge in [0.1, 0.15) is 6.54 Å². The van der Waals surface area contributed by atoms with Crippen LogP contribution in [0, 0.1) is 0 Å². The summed E-state index contributed by atoms with van der Waals surface area (Å²) in [6.45, 7) is 1.46. The maximum atomic E-state index is 13.6. The van der Waals surface area contributed by atoms with Crippen molar-refractivity contribution in [3.05, 3.63) is 102 Å². The number of hydrogen-bond donors (Lipinski definition) is 2. The minimum atomic E-state index is -0.338. The van der Waals surface area contributed by atoms with E-state index in [-0.39, 0.29) is 17.7 Å². The number of aromatic nitrogens is 1. The zero-order valence-corrected chi connectivity index (χ0v) is 17.8. The number of carbonyl (C=O) groups is 2. The highest BCUT2D eigenvalue weighted by molar-refractivity contribution is 6.09. The quantitative estimate of drug-likeness (QED) is 0.441. The number of H-pyrrole nitrogens is 1. The number of para-hydroxylation sites is 1. The van der Waals surface area contributed by atoms with Gasteiger partial charge in [-0.2, -0.15) is 0 Å². The number of quaternary nitrogens is 1. The van der Waals surface area contributed by atoms with Gasteiger partial charge in [0, 0.05) is 52.4 Å². The molecule has 1 atom stereocenters. The Morgan fingerprint density at radius 1 is 0.969 bits per heavy atom. The molecule has 1 fully saturated rings. The molecule has 1 amide bonds. The Bertz CT molecular complexity index is 1240. The van der Waals surface area contributed by atoms with Gasteiger partial charge in [0.2, 0.25) is 11.7 Å². The molecule has 0 radical (unpaired) electrons. The highest BCUT2D eigenvalue weighted by atomic mass is 16.2. The highest BCUT2D eigenvalue weighted by Crippen LogP contribution is 2.24. The molecule has 5 rings (SSSR count). The van der Waals surface area contributed by atoms with Crippen molar-refractivity contribution < 1.29 is 14.9 Å². The molecule has 1 aromatic heterocycles. The molecule has 3 N–H and O–H groups in total. The maximum absolute atomic E-state index is 13.6. The van der Waals surface area contributed by atoms with Crippen LogP contribution in [-0.2, 0) is 11.3 Å². The number of nitrogens with one attached hydrogen (secondary N) is 1. The highest BCUT2D eigenvalue weighted by Gasteiger charge is 2.27. The lowest BCUT2D eigenvalue weighted by atomic mass is 9.96. The lowest BCUT2D eigenvalue weighted by Gasteiger charge is -2.17. The van der Waals surface area contributed by atoms with Crippen LogP contribution in [-0.4, -0.2) is 23.2 Å². The molecule has 1 aliphatic heterocycles. The van der Waals surface area contributed by atoms with Crippen molar-refractivity contribution in [1.29, 1.82) is 0 Å². The van der Waals surface area contributed by atoms with Crippen LogP contribution in [0.15, 0.2) is 85.1 Å². The van der Waals surface area contributed by atoms with Gasteiger partial charge in [0.05, 0.1) is 0 Å². The average molecular weight is 425 g/mol. The van der Waals surface area contributed by atoms with Gasteiger partial charge in [-0.15, -0.1) is 0 Å². The summed E-state index contributed by atoms with van der Waals surface area (Å²) in [5, 5.41) is 3.04. The van der Waals surface area contributed by atoms with Gasteiger partial charge in [-0.05, 0) is 24.6 Å². The first-order chi connectivity index (χ1) is 15.7. The van der Waals surface area contributed by atoms with Gasteiger partial charge in [-0.1, -0.05) is 60.7 Å². The van der Waals surface area contributed by atoms with Gasteiger partial charge in [-0.25, -0.2) is 0 Å². The van der Waals surface area contributed by atoms with E-state index in [0.717, 1.165) is 40.7 Å². The molecule has 5 heteroatoms. The number of amides is 1. The standard InChI is InChI=1S/C27H25N3O2/c31-25-11-6-16-30(25)21-14-12-19(13-15-21)17-29-26(20-7-2-1-3-8-20)27(32)23-18-28-24-10-5-4-9-22(23)24/h1-5,7-10,12-15,18,26,28-29H,6,11,16-17H2/p+1/t26-/m0/s1. The van der Waals surface area contributed by atoms with Crippen LogP contribution in [0.5, 0.6) is 0 Å². The monoisotopic (exact) mass is 424 g/mol. The van der Waals surface area contributed by atoms with Crippen molar-refractivity contribution in [3.63, 3.8) is 0 Å². The smallest absolute Gasteiger partial charge is 0.227 e. The van der Waals surface area contributed by atoms with Gasteiger partial charge in [0.15, 0.2) is 6.04 Å². The molecule has 1 aliphatic rings. The second kappa shape index (κ2) is 8.81. The van der Waals surface area contributed by atoms with Crippen LogP contribution in [0.4, 0.5) is 5.69 Å². The van der Waals surface area contributed by atoms with Crippen molar-refractivity contribution in [2.45, 2.75) is 25.4 Å². The lowest BCUT2D eigenvalue weighted by molar-refractivity contribution is -0.696. The molecule has 32 heavy (non-hydrogen) atoms. The molecule has 0 saturated carbocycles. The van der Waals surface area contributed by atoms with Crippen molar-refractivity contribution in [2.75, 3.05) is 11.4 Å². The average Bonchev–Trinajstić information content (AvgIpc) is 3.46. The van der Waals surface area contributed by atoms with E-state index in [0.29, 0.717) is 18.5 Å². The zero-order chi connectivity index (χ0) is 21.9. The van der Waals surface area contributed by atoms with E-state index in [1.807, 2.05) is 77.8 Å². The summed E-state index contributed by atoms with van der Waals surface area (Å²) in [4.78, 5) is 30.7. The fourth-order valence-corrected chi connectivity index (χ4v) is 4.48. The molecule has 3 aromatic carbocycles. The van der Waals surface area contributed by atoms with E-state index in [4.69, 9.17) is 0 Å². The minimum Gasteiger partial charge on any atom is -0.360 e. The summed E-state index contributed by atoms with van der Waals surface area (Å²) in [5.41, 5.74) is 4.74. The van der Waals surface area contributed by atoms with E-state index < -0.39 is 0 Å². The zero-order valence-electron chi connectivity index (χ0n) is 17.8. The molecule has 2 heterocycles. The van der Waals surface area contributed by atoms with Crippen LogP contribution < -0.4 is 10.2 Å². The van der Waals surface area contributed by atoms with Crippen LogP contribution in [0.3, 0.4) is 0 Å². The lowest BCUT2D eigenvalue weighted by Crippen LogP contribution is -2.85. The summed E-state index contributed by atoms with van der Waals surface area (Å²) in [5.74, 6) is 0.283. The number of nitrogens with zero attached hydrogens (tertiary/aromatic N) is 1. The number of fused-ring (bicyclic) bond motifs is 1. The number of ketones is 1.